The molecule has 1 N–H and O–H groups in total. The fourth-order valence-electron chi connectivity index (χ4n) is 3.39. The molecule has 0 aliphatic carbocycles. The molecule has 3 aromatic rings. The van der Waals surface area contributed by atoms with E-state index in [0.717, 1.165) is 40.4 Å². The molecule has 1 amide bonds. The van der Waals surface area contributed by atoms with Crippen LogP contribution in [0.1, 0.15) is 23.3 Å². The number of nitrogens with one attached hydrogen (secondary N) is 1. The van der Waals surface area contributed by atoms with Gasteiger partial charge >= 0.3 is 0 Å². The molecule has 1 aromatic carbocycles. The van der Waals surface area contributed by atoms with E-state index in [4.69, 9.17) is 9.72 Å². The molecule has 8 heteroatoms. The van der Waals surface area contributed by atoms with E-state index < -0.39 is 0 Å². The number of rotatable bonds is 6. The molecular weight excluding hydrogens is 406 g/mol. The van der Waals surface area contributed by atoms with Crippen LogP contribution in [0, 0.1) is 13.8 Å². The number of nitrogens with zero attached hydrogens (tertiary/aromatic N) is 2. The quantitative estimate of drug-likeness (QED) is 0.480. The number of ether oxygens (including phenoxy) is 1. The van der Waals surface area contributed by atoms with Crippen molar-refractivity contribution in [2.75, 3.05) is 18.9 Å². The normalized spacial score (nSPS) is 16.4. The van der Waals surface area contributed by atoms with Gasteiger partial charge in [-0.3, -0.25) is 14.2 Å². The SMILES string of the molecule is Cc1sc2nc(SCC(=O)NC[C@H]3CCCO3)n(-c3ccccc3)c(=O)c2c1C. The van der Waals surface area contributed by atoms with E-state index in [2.05, 4.69) is 5.32 Å². The molecule has 29 heavy (non-hydrogen) atoms. The molecule has 1 atom stereocenters. The summed E-state index contributed by atoms with van der Waals surface area (Å²) in [5.41, 5.74) is 1.63. The molecule has 1 aliphatic rings. The smallest absolute Gasteiger partial charge is 0.267 e. The molecular formula is C21H23N3O3S2. The Balaban J connectivity index is 1.62. The van der Waals surface area contributed by atoms with Crippen molar-refractivity contribution < 1.29 is 9.53 Å². The number of carbonyl (C=O) groups is 1. The molecule has 0 spiro atoms. The highest BCUT2D eigenvalue weighted by Crippen LogP contribution is 2.29. The van der Waals surface area contributed by atoms with Gasteiger partial charge < -0.3 is 10.1 Å². The molecule has 0 unspecified atom stereocenters. The number of hydrogen-bond donors (Lipinski definition) is 1. The molecule has 0 saturated carbocycles. The average molecular weight is 430 g/mol. The molecule has 1 fully saturated rings. The summed E-state index contributed by atoms with van der Waals surface area (Å²) in [4.78, 5) is 32.2. The largest absolute Gasteiger partial charge is 0.376 e. The summed E-state index contributed by atoms with van der Waals surface area (Å²) in [7, 11) is 0. The fraction of sp³-hybridized carbons (Fsp3) is 0.381. The maximum Gasteiger partial charge on any atom is 0.267 e. The number of hydrogen-bond acceptors (Lipinski definition) is 6. The summed E-state index contributed by atoms with van der Waals surface area (Å²) in [6.07, 6.45) is 2.14. The maximum atomic E-state index is 13.3. The van der Waals surface area contributed by atoms with Crippen molar-refractivity contribution in [3.8, 4) is 5.69 Å². The predicted octanol–water partition coefficient (Wildman–Crippen LogP) is 3.45. The van der Waals surface area contributed by atoms with E-state index in [9.17, 15) is 9.59 Å². The Bertz CT molecular complexity index is 1090. The Morgan fingerprint density at radius 1 is 1.34 bits per heavy atom. The first-order valence-electron chi connectivity index (χ1n) is 9.64. The molecule has 4 rings (SSSR count). The second-order valence-electron chi connectivity index (χ2n) is 7.06. The first-order chi connectivity index (χ1) is 14.0. The van der Waals surface area contributed by atoms with Gasteiger partial charge in [-0.05, 0) is 44.4 Å². The van der Waals surface area contributed by atoms with Crippen LogP contribution in [-0.4, -0.2) is 40.5 Å². The Labute approximate surface area is 177 Å². The minimum absolute atomic E-state index is 0.0852. The van der Waals surface area contributed by atoms with Gasteiger partial charge in [0.05, 0.1) is 22.9 Å². The third-order valence-electron chi connectivity index (χ3n) is 5.07. The van der Waals surface area contributed by atoms with Crippen molar-refractivity contribution in [1.29, 1.82) is 0 Å². The first-order valence-corrected chi connectivity index (χ1v) is 11.4. The van der Waals surface area contributed by atoms with Gasteiger partial charge in [-0.1, -0.05) is 30.0 Å². The Morgan fingerprint density at radius 3 is 2.86 bits per heavy atom. The van der Waals surface area contributed by atoms with Gasteiger partial charge in [0.25, 0.3) is 5.56 Å². The summed E-state index contributed by atoms with van der Waals surface area (Å²) in [6.45, 7) is 5.25. The monoisotopic (exact) mass is 429 g/mol. The summed E-state index contributed by atoms with van der Waals surface area (Å²) in [5.74, 6) is 0.110. The molecule has 2 aromatic heterocycles. The van der Waals surface area contributed by atoms with Gasteiger partial charge in [-0.15, -0.1) is 11.3 Å². The number of para-hydroxylation sites is 1. The maximum absolute atomic E-state index is 13.3. The summed E-state index contributed by atoms with van der Waals surface area (Å²) in [5, 5.41) is 4.11. The second kappa shape index (κ2) is 8.69. The number of fused-ring (bicyclic) bond motifs is 1. The Hall–Kier alpha value is -2.16. The highest BCUT2D eigenvalue weighted by Gasteiger charge is 2.20. The molecule has 0 bridgehead atoms. The molecule has 152 valence electrons. The third-order valence-corrected chi connectivity index (χ3v) is 7.11. The summed E-state index contributed by atoms with van der Waals surface area (Å²) >= 11 is 2.80. The van der Waals surface area contributed by atoms with E-state index >= 15 is 0 Å². The minimum Gasteiger partial charge on any atom is -0.376 e. The fourth-order valence-corrected chi connectivity index (χ4v) is 5.30. The lowest BCUT2D eigenvalue weighted by molar-refractivity contribution is -0.119. The summed E-state index contributed by atoms with van der Waals surface area (Å²) < 4.78 is 7.15. The molecule has 1 aliphatic heterocycles. The van der Waals surface area contributed by atoms with Gasteiger partial charge in [0, 0.05) is 18.0 Å². The van der Waals surface area contributed by atoms with Crippen LogP contribution in [0.25, 0.3) is 15.9 Å². The molecule has 3 heterocycles. The van der Waals surface area contributed by atoms with Gasteiger partial charge in [0.15, 0.2) is 5.16 Å². The van der Waals surface area contributed by atoms with Crippen LogP contribution in [0.3, 0.4) is 0 Å². The molecule has 0 radical (unpaired) electrons. The van der Waals surface area contributed by atoms with Crippen LogP contribution in [0.5, 0.6) is 0 Å². The lowest BCUT2D eigenvalue weighted by Gasteiger charge is -2.13. The van der Waals surface area contributed by atoms with Gasteiger partial charge in [0.1, 0.15) is 4.83 Å². The highest BCUT2D eigenvalue weighted by molar-refractivity contribution is 7.99. The second-order valence-corrected chi connectivity index (χ2v) is 9.21. The van der Waals surface area contributed by atoms with Crippen LogP contribution in [0.2, 0.25) is 0 Å². The van der Waals surface area contributed by atoms with Crippen LogP contribution in [-0.2, 0) is 9.53 Å². The topological polar surface area (TPSA) is 73.2 Å². The lowest BCUT2D eigenvalue weighted by atomic mass is 10.2. The van der Waals surface area contributed by atoms with Gasteiger partial charge in [-0.2, -0.15) is 0 Å². The Kier molecular flexibility index (Phi) is 6.03. The van der Waals surface area contributed by atoms with E-state index in [1.54, 1.807) is 4.57 Å². The predicted molar refractivity (Wildman–Crippen MR) is 117 cm³/mol. The summed E-state index contributed by atoms with van der Waals surface area (Å²) in [6, 6.07) is 9.45. The standard InChI is InChI=1S/C21H23N3O3S2/c1-13-14(2)29-19-18(13)20(26)24(15-7-4-3-5-8-15)21(23-19)28-12-17(25)22-11-16-9-6-10-27-16/h3-5,7-8,16H,6,9-12H2,1-2H3,(H,22,25)/t16-/m1/s1. The molecule has 6 nitrogen and oxygen atoms in total. The zero-order valence-electron chi connectivity index (χ0n) is 16.4. The zero-order valence-corrected chi connectivity index (χ0v) is 18.1. The van der Waals surface area contributed by atoms with E-state index in [1.807, 2.05) is 44.2 Å². The third kappa shape index (κ3) is 4.24. The van der Waals surface area contributed by atoms with E-state index in [1.165, 1.54) is 23.1 Å². The van der Waals surface area contributed by atoms with Crippen molar-refractivity contribution in [2.45, 2.75) is 37.9 Å². The lowest BCUT2D eigenvalue weighted by Crippen LogP contribution is -2.33. The first kappa shape index (κ1) is 20.1. The van der Waals surface area contributed by atoms with Crippen molar-refractivity contribution in [3.63, 3.8) is 0 Å². The van der Waals surface area contributed by atoms with Crippen molar-refractivity contribution >= 4 is 39.2 Å². The number of thioether (sulfide) groups is 1. The zero-order chi connectivity index (χ0) is 20.4. The van der Waals surface area contributed by atoms with Gasteiger partial charge in [0.2, 0.25) is 5.91 Å². The molecule has 1 saturated heterocycles. The number of amides is 1. The number of benzene rings is 1. The van der Waals surface area contributed by atoms with E-state index in [0.29, 0.717) is 17.1 Å². The van der Waals surface area contributed by atoms with Crippen LogP contribution in [0.4, 0.5) is 0 Å². The van der Waals surface area contributed by atoms with E-state index in [-0.39, 0.29) is 23.3 Å². The van der Waals surface area contributed by atoms with Crippen molar-refractivity contribution in [1.82, 2.24) is 14.9 Å². The van der Waals surface area contributed by atoms with Crippen molar-refractivity contribution in [2.24, 2.45) is 0 Å². The van der Waals surface area contributed by atoms with Crippen LogP contribution < -0.4 is 10.9 Å². The minimum atomic E-state index is -0.0923. The number of carbonyl (C=O) groups excluding carboxylic acids is 1. The number of thiophene rings is 1. The van der Waals surface area contributed by atoms with Crippen molar-refractivity contribution in [3.05, 3.63) is 51.1 Å². The van der Waals surface area contributed by atoms with Crippen LogP contribution >= 0.6 is 23.1 Å². The number of aromatic nitrogens is 2. The highest BCUT2D eigenvalue weighted by atomic mass is 32.2. The van der Waals surface area contributed by atoms with Gasteiger partial charge in [-0.25, -0.2) is 4.98 Å². The van der Waals surface area contributed by atoms with Crippen LogP contribution in [0.15, 0.2) is 40.3 Å². The Morgan fingerprint density at radius 2 is 2.14 bits per heavy atom. The number of aryl methyl sites for hydroxylation is 2. The average Bonchev–Trinajstić information content (AvgIpc) is 3.34.